The van der Waals surface area contributed by atoms with Gasteiger partial charge in [-0.15, -0.1) is 6.58 Å². The molecule has 11 nitrogen and oxygen atoms in total. The van der Waals surface area contributed by atoms with Crippen LogP contribution < -0.4 is 5.32 Å². The lowest BCUT2D eigenvalue weighted by molar-refractivity contribution is -0.339. The molecule has 7 N–H and O–H groups in total. The molecule has 1 saturated heterocycles. The number of rotatable bonds is 7. The highest BCUT2D eigenvalue weighted by Crippen LogP contribution is 2.41. The van der Waals surface area contributed by atoms with Crippen LogP contribution >= 0.6 is 0 Å². The third-order valence-corrected chi connectivity index (χ3v) is 7.59. The summed E-state index contributed by atoms with van der Waals surface area (Å²) in [5.74, 6) is -2.36. The number of ether oxygens (including phenoxy) is 3. The van der Waals surface area contributed by atoms with E-state index in [1.54, 1.807) is 6.08 Å². The van der Waals surface area contributed by atoms with E-state index >= 15 is 0 Å². The van der Waals surface area contributed by atoms with Gasteiger partial charge >= 0.3 is 5.97 Å². The van der Waals surface area contributed by atoms with E-state index in [9.17, 15) is 30.3 Å². The summed E-state index contributed by atoms with van der Waals surface area (Å²) in [5, 5.41) is 54.6. The van der Waals surface area contributed by atoms with Gasteiger partial charge in [-0.2, -0.15) is 0 Å². The highest BCUT2D eigenvalue weighted by atomic mass is 16.8. The quantitative estimate of drug-likeness (QED) is 0.254. The smallest absolute Gasteiger partial charge is 0.334 e. The average molecular weight is 517 g/mol. The van der Waals surface area contributed by atoms with Gasteiger partial charge in [-0.3, -0.25) is 0 Å². The number of aromatic amines is 1. The molecule has 0 saturated carbocycles. The van der Waals surface area contributed by atoms with Gasteiger partial charge < -0.3 is 50.0 Å². The number of aromatic nitrogens is 1. The Labute approximate surface area is 213 Å². The number of carboxylic acid groups (broad SMARTS) is 1. The van der Waals surface area contributed by atoms with Crippen LogP contribution in [0.2, 0.25) is 0 Å². The van der Waals surface area contributed by atoms with Crippen LogP contribution in [0.15, 0.2) is 48.8 Å². The van der Waals surface area contributed by atoms with E-state index in [1.165, 1.54) is 5.56 Å². The number of aliphatic hydroxyl groups excluding tert-OH is 4. The van der Waals surface area contributed by atoms with Gasteiger partial charge in [0.15, 0.2) is 6.29 Å². The molecule has 0 amide bonds. The minimum absolute atomic E-state index is 0.0589. The predicted octanol–water partition coefficient (Wildman–Crippen LogP) is 0.305. The van der Waals surface area contributed by atoms with Gasteiger partial charge in [0, 0.05) is 34.5 Å². The molecule has 1 aromatic heterocycles. The molecule has 37 heavy (non-hydrogen) atoms. The normalized spacial score (nSPS) is 35.9. The predicted molar refractivity (Wildman–Crippen MR) is 130 cm³/mol. The molecule has 0 radical (unpaired) electrons. The molecule has 3 aliphatic heterocycles. The fourth-order valence-electron chi connectivity index (χ4n) is 5.64. The minimum atomic E-state index is -1.62. The fourth-order valence-corrected chi connectivity index (χ4v) is 5.64. The van der Waals surface area contributed by atoms with Crippen LogP contribution in [-0.4, -0.2) is 86.6 Å². The molecular formula is C26H32N2O9. The Kier molecular flexibility index (Phi) is 7.37. The molecule has 5 rings (SSSR count). The van der Waals surface area contributed by atoms with Crippen molar-refractivity contribution >= 4 is 16.9 Å². The summed E-state index contributed by atoms with van der Waals surface area (Å²) in [5.41, 5.74) is 3.30. The Balaban J connectivity index is 1.41. The van der Waals surface area contributed by atoms with Crippen molar-refractivity contribution in [2.75, 3.05) is 13.2 Å². The maximum absolute atomic E-state index is 12.2. The van der Waals surface area contributed by atoms with Crippen molar-refractivity contribution in [1.82, 2.24) is 10.3 Å². The number of carboxylic acids is 1. The Bertz CT molecular complexity index is 1180. The number of H-pyrrole nitrogens is 1. The molecule has 11 heteroatoms. The first-order valence-electron chi connectivity index (χ1n) is 12.3. The molecule has 200 valence electrons. The van der Waals surface area contributed by atoms with Gasteiger partial charge in [-0.1, -0.05) is 24.3 Å². The number of benzene rings is 1. The lowest BCUT2D eigenvalue weighted by Gasteiger charge is -2.43. The van der Waals surface area contributed by atoms with Gasteiger partial charge in [0.05, 0.1) is 18.4 Å². The standard InChI is InChI=1S/C26H32N2O9/c1-2-12-15(9-18-20-14(7-8-27-18)13-5-3-4-6-17(13)28-20)16(24(33)34)11-35-25(12)37-26-23(32)22(31)21(30)19(10-29)36-26/h2-6,11-12,15,18-19,21-23,25-32H,1,7-10H2,(H,33,34)/t12-,15+,18+,19+,21+,22-,23+,25+,26-/m1/s1. The van der Waals surface area contributed by atoms with E-state index in [2.05, 4.69) is 22.9 Å². The summed E-state index contributed by atoms with van der Waals surface area (Å²) in [6, 6.07) is 7.87. The zero-order valence-corrected chi connectivity index (χ0v) is 20.1. The second-order valence-corrected chi connectivity index (χ2v) is 9.69. The van der Waals surface area contributed by atoms with Gasteiger partial charge in [0.2, 0.25) is 6.29 Å². The number of aliphatic carboxylic acids is 1. The number of aliphatic hydroxyl groups is 4. The van der Waals surface area contributed by atoms with Gasteiger partial charge in [0.1, 0.15) is 24.4 Å². The molecule has 3 aliphatic rings. The second-order valence-electron chi connectivity index (χ2n) is 9.69. The van der Waals surface area contributed by atoms with Gasteiger partial charge in [0.25, 0.3) is 0 Å². The summed E-state index contributed by atoms with van der Waals surface area (Å²) in [4.78, 5) is 15.6. The third kappa shape index (κ3) is 4.68. The molecule has 0 spiro atoms. The molecule has 2 aromatic rings. The number of para-hydroxylation sites is 1. The molecule has 0 unspecified atom stereocenters. The van der Waals surface area contributed by atoms with Crippen LogP contribution in [0.4, 0.5) is 0 Å². The van der Waals surface area contributed by atoms with E-state index in [-0.39, 0.29) is 11.6 Å². The second kappa shape index (κ2) is 10.5. The zero-order chi connectivity index (χ0) is 26.3. The number of fused-ring (bicyclic) bond motifs is 3. The van der Waals surface area contributed by atoms with Crippen molar-refractivity contribution < 1.29 is 44.5 Å². The first-order chi connectivity index (χ1) is 17.8. The van der Waals surface area contributed by atoms with E-state index in [4.69, 9.17) is 14.2 Å². The van der Waals surface area contributed by atoms with Crippen LogP contribution in [0, 0.1) is 11.8 Å². The maximum atomic E-state index is 12.2. The van der Waals surface area contributed by atoms with Crippen molar-refractivity contribution in [1.29, 1.82) is 0 Å². The van der Waals surface area contributed by atoms with Crippen molar-refractivity contribution in [3.8, 4) is 0 Å². The van der Waals surface area contributed by atoms with Crippen LogP contribution in [-0.2, 0) is 25.4 Å². The monoisotopic (exact) mass is 516 g/mol. The van der Waals surface area contributed by atoms with E-state index < -0.39 is 61.4 Å². The van der Waals surface area contributed by atoms with E-state index in [0.717, 1.165) is 35.8 Å². The maximum Gasteiger partial charge on any atom is 0.334 e. The topological polar surface area (TPSA) is 174 Å². The highest BCUT2D eigenvalue weighted by Gasteiger charge is 2.48. The molecule has 9 atom stereocenters. The van der Waals surface area contributed by atoms with E-state index in [1.807, 2.05) is 18.2 Å². The number of carbonyl (C=O) groups is 1. The molecule has 1 fully saturated rings. The largest absolute Gasteiger partial charge is 0.478 e. The Morgan fingerprint density at radius 1 is 1.16 bits per heavy atom. The Hall–Kier alpha value is -2.77. The van der Waals surface area contributed by atoms with Crippen LogP contribution in [0.25, 0.3) is 10.9 Å². The number of nitrogens with one attached hydrogen (secondary N) is 2. The van der Waals surface area contributed by atoms with Crippen molar-refractivity contribution in [3.63, 3.8) is 0 Å². The Morgan fingerprint density at radius 2 is 1.95 bits per heavy atom. The lowest BCUT2D eigenvalue weighted by Crippen LogP contribution is -2.60. The fraction of sp³-hybridized carbons (Fsp3) is 0.500. The zero-order valence-electron chi connectivity index (χ0n) is 20.1. The molecule has 4 heterocycles. The first-order valence-corrected chi connectivity index (χ1v) is 12.3. The van der Waals surface area contributed by atoms with Crippen LogP contribution in [0.5, 0.6) is 0 Å². The van der Waals surface area contributed by atoms with Crippen molar-refractivity contribution in [2.24, 2.45) is 11.8 Å². The van der Waals surface area contributed by atoms with Gasteiger partial charge in [-0.05, 0) is 31.0 Å². The molecule has 0 aliphatic carbocycles. The van der Waals surface area contributed by atoms with Crippen molar-refractivity contribution in [2.45, 2.75) is 55.9 Å². The van der Waals surface area contributed by atoms with Crippen LogP contribution in [0.3, 0.4) is 0 Å². The molecule has 0 bridgehead atoms. The highest BCUT2D eigenvalue weighted by molar-refractivity contribution is 5.87. The average Bonchev–Trinajstić information content (AvgIpc) is 3.28. The SMILES string of the molecule is C=C[C@H]1[C@H](O[C@H]2O[C@@H](CO)[C@H](O)[C@@H](O)[C@@H]2O)OC=C(C(=O)O)[C@H]1C[C@@H]1NCCc2c1[nH]c1ccccc21. The summed E-state index contributed by atoms with van der Waals surface area (Å²) in [7, 11) is 0. The molecule has 1 aromatic carbocycles. The lowest BCUT2D eigenvalue weighted by atomic mass is 9.78. The van der Waals surface area contributed by atoms with E-state index in [0.29, 0.717) is 6.42 Å². The summed E-state index contributed by atoms with van der Waals surface area (Å²) in [6.07, 6.45) is -4.53. The number of hydrogen-bond donors (Lipinski definition) is 7. The van der Waals surface area contributed by atoms with Crippen LogP contribution in [0.1, 0.15) is 23.7 Å². The van der Waals surface area contributed by atoms with Gasteiger partial charge in [-0.25, -0.2) is 4.79 Å². The third-order valence-electron chi connectivity index (χ3n) is 7.59. The van der Waals surface area contributed by atoms with Crippen molar-refractivity contribution in [3.05, 3.63) is 60.0 Å². The first kappa shape index (κ1) is 25.9. The minimum Gasteiger partial charge on any atom is -0.478 e. The molecular weight excluding hydrogens is 484 g/mol. The Morgan fingerprint density at radius 3 is 2.68 bits per heavy atom. The summed E-state index contributed by atoms with van der Waals surface area (Å²) in [6.45, 7) is 4.01. The summed E-state index contributed by atoms with van der Waals surface area (Å²) < 4.78 is 16.9. The summed E-state index contributed by atoms with van der Waals surface area (Å²) >= 11 is 0. The number of hydrogen-bond acceptors (Lipinski definition) is 9.